The van der Waals surface area contributed by atoms with Crippen LogP contribution in [0.2, 0.25) is 0 Å². The van der Waals surface area contributed by atoms with E-state index in [9.17, 15) is 4.79 Å². The number of carbonyl (C=O) groups excluding carboxylic acids is 1. The lowest BCUT2D eigenvalue weighted by atomic mass is 9.59. The van der Waals surface area contributed by atoms with Gasteiger partial charge in [-0.05, 0) is 65.7 Å². The molecule has 2 aliphatic carbocycles. The molecule has 2 saturated carbocycles. The van der Waals surface area contributed by atoms with Crippen molar-refractivity contribution in [1.82, 2.24) is 15.1 Å². The predicted molar refractivity (Wildman–Crippen MR) is 112 cm³/mol. The Hall–Kier alpha value is -2.14. The van der Waals surface area contributed by atoms with Crippen LogP contribution in [0.5, 0.6) is 0 Å². The molecule has 1 aliphatic heterocycles. The Bertz CT molecular complexity index is 889. The van der Waals surface area contributed by atoms with E-state index in [1.54, 1.807) is 6.20 Å². The van der Waals surface area contributed by atoms with Crippen LogP contribution in [0.4, 0.5) is 0 Å². The first-order chi connectivity index (χ1) is 14.0. The molecule has 5 atom stereocenters. The Morgan fingerprint density at radius 2 is 2.10 bits per heavy atom. The van der Waals surface area contributed by atoms with E-state index < -0.39 is 0 Å². The highest BCUT2D eigenvalue weighted by Gasteiger charge is 2.68. The smallest absolute Gasteiger partial charge is 0.219 e. The highest BCUT2D eigenvalue weighted by molar-refractivity contribution is 5.76. The summed E-state index contributed by atoms with van der Waals surface area (Å²) >= 11 is 0. The third-order valence-electron chi connectivity index (χ3n) is 8.12. The van der Waals surface area contributed by atoms with Gasteiger partial charge >= 0.3 is 0 Å². The van der Waals surface area contributed by atoms with Crippen molar-refractivity contribution in [3.8, 4) is 5.69 Å². The molecule has 1 aromatic carbocycles. The minimum atomic E-state index is 0.109. The van der Waals surface area contributed by atoms with Gasteiger partial charge in [0.2, 0.25) is 5.91 Å². The number of nitrogens with zero attached hydrogens (tertiary/aromatic N) is 2. The van der Waals surface area contributed by atoms with Crippen molar-refractivity contribution in [3.05, 3.63) is 48.3 Å². The summed E-state index contributed by atoms with van der Waals surface area (Å²) in [4.78, 5) is 12.4. The van der Waals surface area contributed by atoms with E-state index in [-0.39, 0.29) is 28.9 Å². The lowest BCUT2D eigenvalue weighted by molar-refractivity contribution is -0.137. The van der Waals surface area contributed by atoms with Crippen LogP contribution in [0.15, 0.2) is 42.7 Å². The SMILES string of the molecule is CCC(=O)N[C@@H]1C(C)(C)[C@@H]2C[C@@H]3[C@@H](c4ccc(-n5cccn5)cc4)OCCC31C2. The van der Waals surface area contributed by atoms with Gasteiger partial charge in [0.1, 0.15) is 0 Å². The van der Waals surface area contributed by atoms with E-state index in [2.05, 4.69) is 48.5 Å². The van der Waals surface area contributed by atoms with Gasteiger partial charge in [0, 0.05) is 31.5 Å². The second-order valence-electron chi connectivity index (χ2n) is 9.74. The van der Waals surface area contributed by atoms with Gasteiger partial charge < -0.3 is 10.1 Å². The largest absolute Gasteiger partial charge is 0.373 e. The molecule has 2 heterocycles. The Labute approximate surface area is 172 Å². The fourth-order valence-electron chi connectivity index (χ4n) is 6.62. The fraction of sp³-hybridized carbons (Fsp3) is 0.583. The lowest BCUT2D eigenvalue weighted by Gasteiger charge is -2.53. The fourth-order valence-corrected chi connectivity index (χ4v) is 6.62. The van der Waals surface area contributed by atoms with Gasteiger partial charge in [-0.3, -0.25) is 4.79 Å². The molecule has 1 unspecified atom stereocenters. The highest BCUT2D eigenvalue weighted by Crippen LogP contribution is 2.70. The van der Waals surface area contributed by atoms with Gasteiger partial charge in [-0.2, -0.15) is 5.10 Å². The number of fused-ring (bicyclic) bond motifs is 1. The first kappa shape index (κ1) is 18.9. The van der Waals surface area contributed by atoms with Gasteiger partial charge in [-0.25, -0.2) is 4.68 Å². The van der Waals surface area contributed by atoms with Crippen LogP contribution >= 0.6 is 0 Å². The Balaban J connectivity index is 1.45. The first-order valence-electron chi connectivity index (χ1n) is 11.0. The van der Waals surface area contributed by atoms with Crippen LogP contribution in [-0.2, 0) is 9.53 Å². The quantitative estimate of drug-likeness (QED) is 0.843. The molecule has 1 amide bonds. The van der Waals surface area contributed by atoms with Crippen molar-refractivity contribution >= 4 is 5.91 Å². The topological polar surface area (TPSA) is 56.2 Å². The van der Waals surface area contributed by atoms with Crippen LogP contribution in [0.3, 0.4) is 0 Å². The van der Waals surface area contributed by atoms with Crippen molar-refractivity contribution in [2.24, 2.45) is 22.7 Å². The maximum absolute atomic E-state index is 12.4. The summed E-state index contributed by atoms with van der Waals surface area (Å²) in [5, 5.41) is 7.75. The second kappa shape index (κ2) is 6.69. The van der Waals surface area contributed by atoms with Crippen molar-refractivity contribution in [2.45, 2.75) is 58.6 Å². The van der Waals surface area contributed by atoms with Gasteiger partial charge in [0.15, 0.2) is 0 Å². The van der Waals surface area contributed by atoms with Crippen LogP contribution in [0, 0.1) is 22.7 Å². The van der Waals surface area contributed by atoms with E-state index in [4.69, 9.17) is 4.74 Å². The number of amides is 1. The number of nitrogens with one attached hydrogen (secondary N) is 1. The van der Waals surface area contributed by atoms with E-state index in [1.807, 2.05) is 23.9 Å². The zero-order valence-electron chi connectivity index (χ0n) is 17.6. The molecule has 5 heteroatoms. The van der Waals surface area contributed by atoms with Crippen LogP contribution in [0.25, 0.3) is 5.69 Å². The number of rotatable bonds is 4. The van der Waals surface area contributed by atoms with E-state index in [0.717, 1.165) is 18.7 Å². The molecule has 154 valence electrons. The summed E-state index contributed by atoms with van der Waals surface area (Å²) in [6.07, 6.45) is 7.87. The summed E-state index contributed by atoms with van der Waals surface area (Å²) in [6, 6.07) is 10.8. The molecule has 1 N–H and O–H groups in total. The number of hydrogen-bond donors (Lipinski definition) is 1. The summed E-state index contributed by atoms with van der Waals surface area (Å²) < 4.78 is 8.25. The molecule has 2 bridgehead atoms. The summed E-state index contributed by atoms with van der Waals surface area (Å²) in [6.45, 7) is 7.42. The summed E-state index contributed by atoms with van der Waals surface area (Å²) in [7, 11) is 0. The summed E-state index contributed by atoms with van der Waals surface area (Å²) in [5.41, 5.74) is 2.61. The minimum absolute atomic E-state index is 0.109. The molecule has 3 aliphatic rings. The van der Waals surface area contributed by atoms with Crippen molar-refractivity contribution < 1.29 is 9.53 Å². The van der Waals surface area contributed by atoms with E-state index >= 15 is 0 Å². The zero-order chi connectivity index (χ0) is 20.2. The number of carbonyl (C=O) groups is 1. The third kappa shape index (κ3) is 2.77. The zero-order valence-corrected chi connectivity index (χ0v) is 17.6. The third-order valence-corrected chi connectivity index (χ3v) is 8.12. The molecule has 5 nitrogen and oxygen atoms in total. The highest BCUT2D eigenvalue weighted by atomic mass is 16.5. The van der Waals surface area contributed by atoms with E-state index in [0.29, 0.717) is 18.3 Å². The molecule has 0 radical (unpaired) electrons. The maximum atomic E-state index is 12.4. The second-order valence-corrected chi connectivity index (χ2v) is 9.74. The minimum Gasteiger partial charge on any atom is -0.373 e. The number of benzene rings is 1. The molecular formula is C24H31N3O2. The maximum Gasteiger partial charge on any atom is 0.219 e. The standard InChI is InChI=1S/C24H31N3O2/c1-4-20(28)26-22-23(2,3)17-14-19-21(29-13-10-24(19,22)15-17)16-6-8-18(9-7-16)27-12-5-11-25-27/h5-9,11-12,17,19,21-22H,4,10,13-15H2,1-3H3,(H,26,28)/t17-,19-,21-,22-,24?/m1/s1. The predicted octanol–water partition coefficient (Wildman–Crippen LogP) is 4.28. The lowest BCUT2D eigenvalue weighted by Crippen LogP contribution is -2.58. The average molecular weight is 394 g/mol. The number of aromatic nitrogens is 2. The van der Waals surface area contributed by atoms with Crippen LogP contribution in [0.1, 0.15) is 58.1 Å². The van der Waals surface area contributed by atoms with Gasteiger partial charge in [0.25, 0.3) is 0 Å². The Kier molecular flexibility index (Phi) is 4.35. The first-order valence-corrected chi connectivity index (χ1v) is 11.0. The molecular weight excluding hydrogens is 362 g/mol. The molecule has 1 saturated heterocycles. The molecule has 1 aromatic heterocycles. The number of ether oxygens (including phenoxy) is 1. The van der Waals surface area contributed by atoms with Gasteiger partial charge in [-0.1, -0.05) is 32.9 Å². The Morgan fingerprint density at radius 3 is 2.79 bits per heavy atom. The number of hydrogen-bond acceptors (Lipinski definition) is 3. The van der Waals surface area contributed by atoms with Crippen molar-refractivity contribution in [2.75, 3.05) is 6.61 Å². The molecule has 3 fully saturated rings. The monoisotopic (exact) mass is 393 g/mol. The summed E-state index contributed by atoms with van der Waals surface area (Å²) in [5.74, 6) is 1.28. The van der Waals surface area contributed by atoms with Crippen molar-refractivity contribution in [1.29, 1.82) is 0 Å². The van der Waals surface area contributed by atoms with Crippen LogP contribution in [-0.4, -0.2) is 28.3 Å². The average Bonchev–Trinajstić information content (AvgIpc) is 3.43. The van der Waals surface area contributed by atoms with Gasteiger partial charge in [0.05, 0.1) is 11.8 Å². The van der Waals surface area contributed by atoms with Gasteiger partial charge in [-0.15, -0.1) is 0 Å². The normalized spacial score (nSPS) is 34.7. The van der Waals surface area contributed by atoms with Crippen molar-refractivity contribution in [3.63, 3.8) is 0 Å². The van der Waals surface area contributed by atoms with Crippen LogP contribution < -0.4 is 5.32 Å². The molecule has 1 spiro atoms. The molecule has 5 rings (SSSR count). The molecule has 2 aromatic rings. The van der Waals surface area contributed by atoms with E-state index in [1.165, 1.54) is 18.4 Å². The molecule has 29 heavy (non-hydrogen) atoms. The Morgan fingerprint density at radius 1 is 1.31 bits per heavy atom.